The number of anilines is 1. The summed E-state index contributed by atoms with van der Waals surface area (Å²) in [7, 11) is 0. The monoisotopic (exact) mass is 458 g/mol. The van der Waals surface area contributed by atoms with Crippen LogP contribution in [0.5, 0.6) is 0 Å². The summed E-state index contributed by atoms with van der Waals surface area (Å²) in [5.41, 5.74) is -0.0144. The van der Waals surface area contributed by atoms with Gasteiger partial charge in [-0.25, -0.2) is 24.3 Å². The van der Waals surface area contributed by atoms with Gasteiger partial charge in [0, 0.05) is 30.5 Å². The van der Waals surface area contributed by atoms with E-state index in [1.54, 1.807) is 29.2 Å². The smallest absolute Gasteiger partial charge is 0.349 e. The number of amides is 1. The first-order valence-corrected chi connectivity index (χ1v) is 10.3. The summed E-state index contributed by atoms with van der Waals surface area (Å²) >= 11 is 0. The van der Waals surface area contributed by atoms with E-state index in [2.05, 4.69) is 25.3 Å². The summed E-state index contributed by atoms with van der Waals surface area (Å²) in [4.78, 5) is 30.8. The molecule has 2 aliphatic rings. The molecule has 1 N–H and O–H groups in total. The maximum absolute atomic E-state index is 13.5. The lowest BCUT2D eigenvalue weighted by atomic mass is 10.0. The molecule has 0 spiro atoms. The zero-order chi connectivity index (χ0) is 23.2. The van der Waals surface area contributed by atoms with Gasteiger partial charge in [0.1, 0.15) is 0 Å². The van der Waals surface area contributed by atoms with Gasteiger partial charge in [-0.2, -0.15) is 13.2 Å². The van der Waals surface area contributed by atoms with Crippen molar-refractivity contribution in [2.45, 2.75) is 31.1 Å². The molecule has 1 aliphatic heterocycles. The second kappa shape index (κ2) is 8.05. The van der Waals surface area contributed by atoms with Crippen LogP contribution in [0.3, 0.4) is 0 Å². The minimum Gasteiger partial charge on any atom is -0.349 e. The molecule has 1 saturated carbocycles. The average Bonchev–Trinajstić information content (AvgIpc) is 3.40. The fourth-order valence-corrected chi connectivity index (χ4v) is 4.60. The summed E-state index contributed by atoms with van der Waals surface area (Å²) in [5.74, 6) is -0.171. The normalized spacial score (nSPS) is 21.9. The molecule has 3 heterocycles. The highest BCUT2D eigenvalue weighted by molar-refractivity contribution is 6.00. The van der Waals surface area contributed by atoms with Crippen LogP contribution in [-0.4, -0.2) is 49.4 Å². The number of alkyl halides is 3. The average molecular weight is 458 g/mol. The Bertz CT molecular complexity index is 1170. The van der Waals surface area contributed by atoms with Crippen LogP contribution in [0.4, 0.5) is 23.5 Å². The summed E-state index contributed by atoms with van der Waals surface area (Å²) in [6.07, 6.45) is 0.613. The van der Waals surface area contributed by atoms with Crippen molar-refractivity contribution >= 4 is 11.9 Å². The van der Waals surface area contributed by atoms with Gasteiger partial charge in [-0.3, -0.25) is 4.79 Å². The molecule has 5 rings (SSSR count). The molecule has 1 saturated heterocycles. The minimum absolute atomic E-state index is 0.0908. The number of carbonyl (C=O) groups excluding carboxylic acids is 1. The Kier molecular flexibility index (Phi) is 5.18. The van der Waals surface area contributed by atoms with E-state index in [1.165, 1.54) is 0 Å². The number of piperidine rings is 1. The van der Waals surface area contributed by atoms with Gasteiger partial charge < -0.3 is 10.2 Å². The molecule has 170 valence electrons. The fourth-order valence-electron chi connectivity index (χ4n) is 4.60. The van der Waals surface area contributed by atoms with Crippen LogP contribution < -0.4 is 5.32 Å². The maximum Gasteiger partial charge on any atom is 0.419 e. The third-order valence-corrected chi connectivity index (χ3v) is 6.06. The van der Waals surface area contributed by atoms with Gasteiger partial charge in [0.05, 0.1) is 29.6 Å². The van der Waals surface area contributed by atoms with Gasteiger partial charge in [0.25, 0.3) is 5.91 Å². The molecular formula is C22H18F4N6O. The fraction of sp³-hybridized carbons (Fsp3) is 0.318. The van der Waals surface area contributed by atoms with Crippen molar-refractivity contribution in [3.8, 4) is 11.4 Å². The Hall–Kier alpha value is -3.63. The number of halogens is 4. The number of fused-ring (bicyclic) bond motifs is 2. The van der Waals surface area contributed by atoms with Crippen LogP contribution >= 0.6 is 0 Å². The van der Waals surface area contributed by atoms with Crippen LogP contribution in [-0.2, 0) is 6.18 Å². The van der Waals surface area contributed by atoms with E-state index in [4.69, 9.17) is 0 Å². The molecule has 33 heavy (non-hydrogen) atoms. The highest BCUT2D eigenvalue weighted by atomic mass is 19.4. The van der Waals surface area contributed by atoms with Crippen LogP contribution in [0.25, 0.3) is 11.4 Å². The largest absolute Gasteiger partial charge is 0.419 e. The number of nitrogens with one attached hydrogen (secondary N) is 1. The Morgan fingerprint density at radius 2 is 1.70 bits per heavy atom. The van der Waals surface area contributed by atoms with Gasteiger partial charge >= 0.3 is 6.18 Å². The third kappa shape index (κ3) is 4.10. The Morgan fingerprint density at radius 1 is 1.00 bits per heavy atom. The first-order valence-electron chi connectivity index (χ1n) is 10.3. The van der Waals surface area contributed by atoms with Gasteiger partial charge in [0.2, 0.25) is 5.95 Å². The summed E-state index contributed by atoms with van der Waals surface area (Å²) in [6, 6.07) is 6.54. The van der Waals surface area contributed by atoms with Crippen LogP contribution in [0.15, 0.2) is 49.1 Å². The highest BCUT2D eigenvalue weighted by Crippen LogP contribution is 2.40. The Balaban J connectivity index is 1.35. The number of likely N-dealkylation sites (tertiary alicyclic amines) is 1. The van der Waals surface area contributed by atoms with Gasteiger partial charge in [-0.1, -0.05) is 18.2 Å². The van der Waals surface area contributed by atoms with Crippen molar-refractivity contribution in [1.29, 1.82) is 0 Å². The second-order valence-electron chi connectivity index (χ2n) is 8.18. The first-order chi connectivity index (χ1) is 15.8. The van der Waals surface area contributed by atoms with Crippen molar-refractivity contribution in [3.63, 3.8) is 0 Å². The number of nitrogens with zero attached hydrogens (tertiary/aromatic N) is 5. The van der Waals surface area contributed by atoms with Crippen LogP contribution in [0.1, 0.15) is 28.8 Å². The van der Waals surface area contributed by atoms with E-state index in [-0.39, 0.29) is 35.7 Å². The lowest BCUT2D eigenvalue weighted by Crippen LogP contribution is -2.48. The zero-order valence-corrected chi connectivity index (χ0v) is 17.1. The van der Waals surface area contributed by atoms with Gasteiger partial charge in [0.15, 0.2) is 11.6 Å². The van der Waals surface area contributed by atoms with Crippen molar-refractivity contribution in [2.24, 2.45) is 5.92 Å². The lowest BCUT2D eigenvalue weighted by Gasteiger charge is -2.34. The molecule has 3 aromatic rings. The van der Waals surface area contributed by atoms with Crippen molar-refractivity contribution < 1.29 is 22.4 Å². The molecule has 0 radical (unpaired) electrons. The van der Waals surface area contributed by atoms with Gasteiger partial charge in [-0.05, 0) is 24.8 Å². The van der Waals surface area contributed by atoms with E-state index < -0.39 is 17.6 Å². The standard InChI is InChI=1S/C22H18F4N6O/c23-14-9-27-19(28-10-14)15-3-1-2-4-16(15)20(33)32-11-12-5-17(18(32)6-12)31-21-29-7-13(8-30-21)22(24,25)26/h1-4,7-10,12,17-18H,5-6,11H2,(H,29,30,31)/t12-,17-,18+/m1/s1. The molecule has 1 amide bonds. The number of rotatable bonds is 4. The molecule has 7 nitrogen and oxygen atoms in total. The predicted molar refractivity (Wildman–Crippen MR) is 109 cm³/mol. The number of carbonyl (C=O) groups is 1. The molecule has 0 unspecified atom stereocenters. The third-order valence-electron chi connectivity index (χ3n) is 6.06. The van der Waals surface area contributed by atoms with E-state index in [9.17, 15) is 22.4 Å². The number of benzene rings is 1. The van der Waals surface area contributed by atoms with Crippen molar-refractivity contribution in [3.05, 3.63) is 66.0 Å². The topological polar surface area (TPSA) is 83.9 Å². The molecule has 1 aromatic carbocycles. The maximum atomic E-state index is 13.5. The molecule has 2 aromatic heterocycles. The Morgan fingerprint density at radius 3 is 2.36 bits per heavy atom. The first kappa shape index (κ1) is 21.2. The molecular weight excluding hydrogens is 440 g/mol. The van der Waals surface area contributed by atoms with Crippen LogP contribution in [0.2, 0.25) is 0 Å². The summed E-state index contributed by atoms with van der Waals surface area (Å²) < 4.78 is 51.5. The SMILES string of the molecule is O=C(c1ccccc1-c1ncc(F)cn1)N1C[C@@H]2C[C@@H](Nc3ncc(C(F)(F)F)cn3)[C@@H]1C2. The lowest BCUT2D eigenvalue weighted by molar-refractivity contribution is -0.138. The van der Waals surface area contributed by atoms with E-state index in [0.717, 1.165) is 37.6 Å². The van der Waals surface area contributed by atoms with E-state index >= 15 is 0 Å². The van der Waals surface area contributed by atoms with E-state index in [1.807, 2.05) is 0 Å². The molecule has 2 fully saturated rings. The Labute approximate surface area is 185 Å². The number of aromatic nitrogens is 4. The summed E-state index contributed by atoms with van der Waals surface area (Å²) in [6.45, 7) is 0.578. The molecule has 11 heteroatoms. The number of hydrogen-bond donors (Lipinski definition) is 1. The molecule has 3 atom stereocenters. The van der Waals surface area contributed by atoms with E-state index in [0.29, 0.717) is 17.7 Å². The molecule has 1 aliphatic carbocycles. The predicted octanol–water partition coefficient (Wildman–Crippen LogP) is 3.81. The van der Waals surface area contributed by atoms with Gasteiger partial charge in [-0.15, -0.1) is 0 Å². The highest BCUT2D eigenvalue weighted by Gasteiger charge is 2.47. The van der Waals surface area contributed by atoms with Crippen LogP contribution in [0, 0.1) is 11.7 Å². The van der Waals surface area contributed by atoms with Crippen molar-refractivity contribution in [2.75, 3.05) is 11.9 Å². The number of hydrogen-bond acceptors (Lipinski definition) is 6. The summed E-state index contributed by atoms with van der Waals surface area (Å²) in [5, 5.41) is 3.09. The van der Waals surface area contributed by atoms with Crippen molar-refractivity contribution in [1.82, 2.24) is 24.8 Å². The second-order valence-corrected chi connectivity index (χ2v) is 8.18. The quantitative estimate of drug-likeness (QED) is 0.599. The minimum atomic E-state index is -4.50. The molecule has 2 bridgehead atoms. The zero-order valence-electron chi connectivity index (χ0n) is 17.1.